The lowest BCUT2D eigenvalue weighted by Crippen LogP contribution is -2.37. The Bertz CT molecular complexity index is 142. The number of halogens is 5. The van der Waals surface area contributed by atoms with E-state index in [0.29, 0.717) is 22.6 Å². The normalized spacial score (nSPS) is 13.2. The molecular formula is C5H5F4IO. The van der Waals surface area contributed by atoms with Gasteiger partial charge < -0.3 is 4.74 Å². The van der Waals surface area contributed by atoms with E-state index in [1.54, 1.807) is 0 Å². The molecule has 0 aliphatic rings. The molecule has 0 aliphatic heterocycles. The van der Waals surface area contributed by atoms with Crippen LogP contribution in [0.3, 0.4) is 0 Å². The monoisotopic (exact) mass is 284 g/mol. The number of hydrogen-bond donors (Lipinski definition) is 0. The van der Waals surface area contributed by atoms with Crippen LogP contribution in [0.2, 0.25) is 0 Å². The average Bonchev–Trinajstić information content (AvgIpc) is 1.81. The molecule has 0 fully saturated rings. The molecule has 0 rings (SSSR count). The zero-order valence-electron chi connectivity index (χ0n) is 5.29. The molecule has 0 aromatic rings. The van der Waals surface area contributed by atoms with Crippen LogP contribution in [-0.2, 0) is 4.74 Å². The molecule has 0 saturated carbocycles. The quantitative estimate of drug-likeness (QED) is 0.334. The highest BCUT2D eigenvalue weighted by molar-refractivity contribution is 14.1. The van der Waals surface area contributed by atoms with Crippen molar-refractivity contribution in [1.29, 1.82) is 0 Å². The number of rotatable bonds is 4. The van der Waals surface area contributed by atoms with Crippen molar-refractivity contribution in [3.63, 3.8) is 0 Å². The van der Waals surface area contributed by atoms with Gasteiger partial charge in [0.05, 0.1) is 6.61 Å². The average molecular weight is 284 g/mol. The molecular weight excluding hydrogens is 279 g/mol. The number of ether oxygens (including phenoxy) is 1. The first kappa shape index (κ1) is 11.2. The van der Waals surface area contributed by atoms with Crippen LogP contribution in [0.25, 0.3) is 0 Å². The van der Waals surface area contributed by atoms with Crippen molar-refractivity contribution in [3.8, 4) is 0 Å². The SMILES string of the molecule is C=CCOC(F)(F)C(F)(F)I. The Morgan fingerprint density at radius 1 is 1.36 bits per heavy atom. The minimum Gasteiger partial charge on any atom is -0.311 e. The van der Waals surface area contributed by atoms with Gasteiger partial charge in [-0.1, -0.05) is 6.08 Å². The van der Waals surface area contributed by atoms with Crippen LogP contribution in [0.4, 0.5) is 17.6 Å². The van der Waals surface area contributed by atoms with Crippen molar-refractivity contribution in [1.82, 2.24) is 0 Å². The van der Waals surface area contributed by atoms with Gasteiger partial charge in [0.25, 0.3) is 0 Å². The van der Waals surface area contributed by atoms with Crippen LogP contribution in [-0.4, -0.2) is 16.6 Å². The third-order valence-corrected chi connectivity index (χ3v) is 1.34. The highest BCUT2D eigenvalue weighted by Gasteiger charge is 2.55. The maximum Gasteiger partial charge on any atom is 0.429 e. The fraction of sp³-hybridized carbons (Fsp3) is 0.600. The fourth-order valence-corrected chi connectivity index (χ4v) is 0.401. The van der Waals surface area contributed by atoms with Crippen LogP contribution in [0.15, 0.2) is 12.7 Å². The van der Waals surface area contributed by atoms with Gasteiger partial charge in [-0.05, 0) is 0 Å². The van der Waals surface area contributed by atoms with E-state index in [-0.39, 0.29) is 0 Å². The van der Waals surface area contributed by atoms with Crippen LogP contribution < -0.4 is 0 Å². The van der Waals surface area contributed by atoms with Gasteiger partial charge in [-0.25, -0.2) is 0 Å². The Labute approximate surface area is 74.5 Å². The molecule has 0 aliphatic carbocycles. The third kappa shape index (κ3) is 3.37. The molecule has 0 spiro atoms. The van der Waals surface area contributed by atoms with Crippen molar-refractivity contribution in [2.75, 3.05) is 6.61 Å². The largest absolute Gasteiger partial charge is 0.429 e. The minimum atomic E-state index is -4.43. The molecule has 66 valence electrons. The topological polar surface area (TPSA) is 9.23 Å². The molecule has 0 aromatic heterocycles. The van der Waals surface area contributed by atoms with Gasteiger partial charge >= 0.3 is 10.0 Å². The summed E-state index contributed by atoms with van der Waals surface area (Å²) < 4.78 is 47.3. The Morgan fingerprint density at radius 2 is 1.82 bits per heavy atom. The summed E-state index contributed by atoms with van der Waals surface area (Å²) in [6.45, 7) is 2.43. The van der Waals surface area contributed by atoms with E-state index >= 15 is 0 Å². The predicted octanol–water partition coefficient (Wildman–Crippen LogP) is 2.81. The summed E-state index contributed by atoms with van der Waals surface area (Å²) in [5.74, 6) is 0. The number of alkyl halides is 5. The first-order chi connectivity index (χ1) is 4.81. The fourth-order valence-electron chi connectivity index (χ4n) is 0.245. The van der Waals surface area contributed by atoms with Gasteiger partial charge in [0.2, 0.25) is 0 Å². The molecule has 0 aromatic carbocycles. The van der Waals surface area contributed by atoms with E-state index in [9.17, 15) is 17.6 Å². The van der Waals surface area contributed by atoms with Crippen LogP contribution in [0.5, 0.6) is 0 Å². The van der Waals surface area contributed by atoms with E-state index in [2.05, 4.69) is 11.3 Å². The van der Waals surface area contributed by atoms with Crippen molar-refractivity contribution in [2.45, 2.75) is 10.0 Å². The molecule has 0 amide bonds. The standard InChI is InChI=1S/C5H5F4IO/c1-2-3-11-5(8,9)4(6,7)10/h2H,1,3H2. The second-order valence-electron chi connectivity index (χ2n) is 1.61. The predicted molar refractivity (Wildman–Crippen MR) is 40.1 cm³/mol. The lowest BCUT2D eigenvalue weighted by Gasteiger charge is -2.20. The van der Waals surface area contributed by atoms with Crippen LogP contribution in [0.1, 0.15) is 0 Å². The maximum atomic E-state index is 12.1. The molecule has 0 bridgehead atoms. The van der Waals surface area contributed by atoms with Crippen molar-refractivity contribution in [2.24, 2.45) is 0 Å². The van der Waals surface area contributed by atoms with Gasteiger partial charge in [-0.3, -0.25) is 0 Å². The van der Waals surface area contributed by atoms with E-state index in [4.69, 9.17) is 0 Å². The molecule has 0 atom stereocenters. The Kier molecular flexibility index (Phi) is 3.75. The second kappa shape index (κ2) is 3.70. The Morgan fingerprint density at radius 3 is 2.09 bits per heavy atom. The lowest BCUT2D eigenvalue weighted by atomic mass is 10.6. The van der Waals surface area contributed by atoms with E-state index in [1.165, 1.54) is 0 Å². The van der Waals surface area contributed by atoms with Crippen LogP contribution in [0, 0.1) is 0 Å². The van der Waals surface area contributed by atoms with Gasteiger partial charge in [0.15, 0.2) is 0 Å². The zero-order chi connectivity index (χ0) is 9.12. The van der Waals surface area contributed by atoms with Crippen LogP contribution >= 0.6 is 22.6 Å². The molecule has 0 N–H and O–H groups in total. The zero-order valence-corrected chi connectivity index (χ0v) is 7.45. The summed E-state index contributed by atoms with van der Waals surface area (Å²) >= 11 is 0.316. The van der Waals surface area contributed by atoms with Crippen molar-refractivity contribution >= 4 is 22.6 Å². The van der Waals surface area contributed by atoms with Gasteiger partial charge in [-0.2, -0.15) is 17.6 Å². The van der Waals surface area contributed by atoms with Gasteiger partial charge in [0, 0.05) is 22.6 Å². The summed E-state index contributed by atoms with van der Waals surface area (Å²) in [6, 6.07) is 0. The van der Waals surface area contributed by atoms with E-state index in [1.807, 2.05) is 0 Å². The summed E-state index contributed by atoms with van der Waals surface area (Å²) in [5.41, 5.74) is 0. The molecule has 0 unspecified atom stereocenters. The van der Waals surface area contributed by atoms with Gasteiger partial charge in [0.1, 0.15) is 0 Å². The molecule has 0 radical (unpaired) electrons. The summed E-state index contributed by atoms with van der Waals surface area (Å²) in [6.07, 6.45) is -3.46. The van der Waals surface area contributed by atoms with E-state index < -0.39 is 16.6 Å². The minimum absolute atomic E-state index is 0.316. The number of hydrogen-bond acceptors (Lipinski definition) is 1. The van der Waals surface area contributed by atoms with Crippen molar-refractivity contribution in [3.05, 3.63) is 12.7 Å². The highest BCUT2D eigenvalue weighted by atomic mass is 127. The first-order valence-electron chi connectivity index (χ1n) is 2.50. The lowest BCUT2D eigenvalue weighted by molar-refractivity contribution is -0.302. The van der Waals surface area contributed by atoms with Gasteiger partial charge in [-0.15, -0.1) is 6.58 Å². The van der Waals surface area contributed by atoms with Crippen molar-refractivity contribution < 1.29 is 22.3 Å². The maximum absolute atomic E-state index is 12.1. The summed E-state index contributed by atoms with van der Waals surface area (Å²) in [5, 5.41) is 0. The third-order valence-electron chi connectivity index (χ3n) is 0.712. The molecule has 0 saturated heterocycles. The molecule has 11 heavy (non-hydrogen) atoms. The molecule has 0 heterocycles. The first-order valence-corrected chi connectivity index (χ1v) is 3.58. The van der Waals surface area contributed by atoms with E-state index in [0.717, 1.165) is 6.08 Å². The Hall–Kier alpha value is 0.150. The summed E-state index contributed by atoms with van der Waals surface area (Å²) in [4.78, 5) is 0. The highest BCUT2D eigenvalue weighted by Crippen LogP contribution is 2.40. The Balaban J connectivity index is 4.10. The second-order valence-corrected chi connectivity index (χ2v) is 2.97. The summed E-state index contributed by atoms with van der Waals surface area (Å²) in [7, 11) is 0. The molecule has 6 heteroatoms. The molecule has 1 nitrogen and oxygen atoms in total. The smallest absolute Gasteiger partial charge is 0.311 e.